The lowest BCUT2D eigenvalue weighted by atomic mass is 9.93. The molecule has 2 unspecified atom stereocenters. The molecule has 1 aromatic rings. The maximum Gasteiger partial charge on any atom is 0.307 e. The van der Waals surface area contributed by atoms with E-state index in [0.717, 1.165) is 37.8 Å². The second-order valence-corrected chi connectivity index (χ2v) is 6.57. The van der Waals surface area contributed by atoms with Gasteiger partial charge in [0.25, 0.3) is 0 Å². The van der Waals surface area contributed by atoms with Gasteiger partial charge in [-0.1, -0.05) is 29.3 Å². The Morgan fingerprint density at radius 2 is 2.00 bits per heavy atom. The predicted octanol–water partition coefficient (Wildman–Crippen LogP) is 4.11. The zero-order valence-corrected chi connectivity index (χ0v) is 13.7. The van der Waals surface area contributed by atoms with Crippen LogP contribution in [-0.4, -0.2) is 35.1 Å². The SMILES string of the molecule is CC1CCC(C(=O)O)CN1CCCc1c(Cl)cccc1Cl. The van der Waals surface area contributed by atoms with Crippen molar-refractivity contribution in [1.82, 2.24) is 4.90 Å². The van der Waals surface area contributed by atoms with Crippen LogP contribution in [0.1, 0.15) is 31.7 Å². The molecule has 116 valence electrons. The number of carboxylic acid groups (broad SMARTS) is 1. The summed E-state index contributed by atoms with van der Waals surface area (Å²) in [6.45, 7) is 3.69. The van der Waals surface area contributed by atoms with E-state index in [2.05, 4.69) is 11.8 Å². The second kappa shape index (κ2) is 7.48. The number of hydrogen-bond donors (Lipinski definition) is 1. The number of halogens is 2. The van der Waals surface area contributed by atoms with Gasteiger partial charge < -0.3 is 5.11 Å². The third-order valence-corrected chi connectivity index (χ3v) is 5.00. The maximum absolute atomic E-state index is 11.1. The van der Waals surface area contributed by atoms with E-state index in [-0.39, 0.29) is 5.92 Å². The Bertz CT molecular complexity index is 487. The van der Waals surface area contributed by atoms with Crippen molar-refractivity contribution in [2.45, 2.75) is 38.6 Å². The van der Waals surface area contributed by atoms with Gasteiger partial charge in [-0.25, -0.2) is 0 Å². The summed E-state index contributed by atoms with van der Waals surface area (Å²) >= 11 is 12.3. The van der Waals surface area contributed by atoms with Crippen LogP contribution in [0.5, 0.6) is 0 Å². The van der Waals surface area contributed by atoms with E-state index in [4.69, 9.17) is 28.3 Å². The first-order valence-electron chi connectivity index (χ1n) is 7.38. The van der Waals surface area contributed by atoms with Crippen LogP contribution in [0.25, 0.3) is 0 Å². The van der Waals surface area contributed by atoms with E-state index in [1.54, 1.807) is 0 Å². The summed E-state index contributed by atoms with van der Waals surface area (Å²) < 4.78 is 0. The number of nitrogens with zero attached hydrogens (tertiary/aromatic N) is 1. The normalized spacial score (nSPS) is 23.2. The number of benzene rings is 1. The maximum atomic E-state index is 11.1. The Morgan fingerprint density at radius 1 is 1.33 bits per heavy atom. The van der Waals surface area contributed by atoms with Gasteiger partial charge in [-0.3, -0.25) is 9.69 Å². The van der Waals surface area contributed by atoms with Gasteiger partial charge in [-0.2, -0.15) is 0 Å². The number of piperidine rings is 1. The summed E-state index contributed by atoms with van der Waals surface area (Å²) in [5.74, 6) is -0.911. The van der Waals surface area contributed by atoms with Crippen molar-refractivity contribution in [3.8, 4) is 0 Å². The summed E-state index contributed by atoms with van der Waals surface area (Å²) in [6.07, 6.45) is 3.48. The highest BCUT2D eigenvalue weighted by Crippen LogP contribution is 2.27. The Balaban J connectivity index is 1.88. The Morgan fingerprint density at radius 3 is 2.62 bits per heavy atom. The highest BCUT2D eigenvalue weighted by Gasteiger charge is 2.29. The average molecular weight is 330 g/mol. The van der Waals surface area contributed by atoms with E-state index >= 15 is 0 Å². The number of likely N-dealkylation sites (tertiary alicyclic amines) is 1. The van der Waals surface area contributed by atoms with Crippen LogP contribution in [-0.2, 0) is 11.2 Å². The fraction of sp³-hybridized carbons (Fsp3) is 0.562. The van der Waals surface area contributed by atoms with Gasteiger partial charge in [0, 0.05) is 22.6 Å². The Kier molecular flexibility index (Phi) is 5.91. The smallest absolute Gasteiger partial charge is 0.307 e. The minimum atomic E-state index is -0.680. The first-order valence-corrected chi connectivity index (χ1v) is 8.14. The lowest BCUT2D eigenvalue weighted by Gasteiger charge is -2.36. The molecule has 5 heteroatoms. The highest BCUT2D eigenvalue weighted by atomic mass is 35.5. The van der Waals surface area contributed by atoms with Gasteiger partial charge in [0.05, 0.1) is 5.92 Å². The molecular formula is C16H21Cl2NO2. The molecule has 0 bridgehead atoms. The molecule has 21 heavy (non-hydrogen) atoms. The molecule has 0 radical (unpaired) electrons. The van der Waals surface area contributed by atoms with Crippen molar-refractivity contribution in [3.63, 3.8) is 0 Å². The molecule has 0 saturated carbocycles. The molecule has 0 aliphatic carbocycles. The van der Waals surface area contributed by atoms with E-state index in [1.807, 2.05) is 18.2 Å². The monoisotopic (exact) mass is 329 g/mol. The minimum absolute atomic E-state index is 0.231. The summed E-state index contributed by atoms with van der Waals surface area (Å²) in [6, 6.07) is 6.00. The zero-order valence-electron chi connectivity index (χ0n) is 12.2. The molecule has 3 nitrogen and oxygen atoms in total. The van der Waals surface area contributed by atoms with Crippen LogP contribution in [0.3, 0.4) is 0 Å². The molecule has 1 N–H and O–H groups in total. The third-order valence-electron chi connectivity index (χ3n) is 4.29. The van der Waals surface area contributed by atoms with Gasteiger partial charge in [-0.15, -0.1) is 0 Å². The van der Waals surface area contributed by atoms with Gasteiger partial charge >= 0.3 is 5.97 Å². The molecule has 2 atom stereocenters. The summed E-state index contributed by atoms with van der Waals surface area (Å²) in [4.78, 5) is 13.4. The fourth-order valence-electron chi connectivity index (χ4n) is 2.92. The molecule has 1 fully saturated rings. The molecule has 0 aromatic heterocycles. The first kappa shape index (κ1) is 16.6. The van der Waals surface area contributed by atoms with Gasteiger partial charge in [0.1, 0.15) is 0 Å². The molecule has 0 spiro atoms. The summed E-state index contributed by atoms with van der Waals surface area (Å²) in [5.41, 5.74) is 0.986. The van der Waals surface area contributed by atoms with Crippen molar-refractivity contribution in [2.24, 2.45) is 5.92 Å². The number of carbonyl (C=O) groups is 1. The van der Waals surface area contributed by atoms with Crippen LogP contribution in [0.15, 0.2) is 18.2 Å². The average Bonchev–Trinajstić information content (AvgIpc) is 2.43. The number of hydrogen-bond acceptors (Lipinski definition) is 2. The molecule has 1 aliphatic rings. The number of rotatable bonds is 5. The van der Waals surface area contributed by atoms with Gasteiger partial charge in [0.15, 0.2) is 0 Å². The van der Waals surface area contributed by atoms with Crippen LogP contribution >= 0.6 is 23.2 Å². The second-order valence-electron chi connectivity index (χ2n) is 5.76. The Hall–Kier alpha value is -0.770. The van der Waals surface area contributed by atoms with Crippen LogP contribution in [0, 0.1) is 5.92 Å². The molecule has 1 aliphatic heterocycles. The predicted molar refractivity (Wildman–Crippen MR) is 86.2 cm³/mol. The first-order chi connectivity index (χ1) is 9.99. The van der Waals surface area contributed by atoms with E-state index < -0.39 is 5.97 Å². The molecule has 1 aromatic carbocycles. The lowest BCUT2D eigenvalue weighted by Crippen LogP contribution is -2.44. The largest absolute Gasteiger partial charge is 0.481 e. The van der Waals surface area contributed by atoms with E-state index in [1.165, 1.54) is 0 Å². The number of aliphatic carboxylic acids is 1. The van der Waals surface area contributed by atoms with Crippen LogP contribution < -0.4 is 0 Å². The summed E-state index contributed by atoms with van der Waals surface area (Å²) in [7, 11) is 0. The minimum Gasteiger partial charge on any atom is -0.481 e. The topological polar surface area (TPSA) is 40.5 Å². The van der Waals surface area contributed by atoms with Crippen molar-refractivity contribution >= 4 is 29.2 Å². The van der Waals surface area contributed by atoms with Crippen molar-refractivity contribution in [2.75, 3.05) is 13.1 Å². The van der Waals surface area contributed by atoms with Gasteiger partial charge in [-0.05, 0) is 56.8 Å². The van der Waals surface area contributed by atoms with E-state index in [9.17, 15) is 4.79 Å². The lowest BCUT2D eigenvalue weighted by molar-refractivity contribution is -0.144. The molecule has 1 heterocycles. The Labute approximate surface area is 135 Å². The van der Waals surface area contributed by atoms with Crippen molar-refractivity contribution < 1.29 is 9.90 Å². The molecule has 1 saturated heterocycles. The standard InChI is InChI=1S/C16H21Cl2NO2/c1-11-7-8-12(16(20)21)10-19(11)9-3-4-13-14(17)5-2-6-15(13)18/h2,5-6,11-12H,3-4,7-10H2,1H3,(H,20,21). The van der Waals surface area contributed by atoms with Crippen molar-refractivity contribution in [3.05, 3.63) is 33.8 Å². The highest BCUT2D eigenvalue weighted by molar-refractivity contribution is 6.35. The van der Waals surface area contributed by atoms with Crippen molar-refractivity contribution in [1.29, 1.82) is 0 Å². The number of carboxylic acids is 1. The van der Waals surface area contributed by atoms with Crippen LogP contribution in [0.4, 0.5) is 0 Å². The third kappa shape index (κ3) is 4.35. The fourth-order valence-corrected chi connectivity index (χ4v) is 3.51. The summed E-state index contributed by atoms with van der Waals surface area (Å²) in [5, 5.41) is 10.6. The van der Waals surface area contributed by atoms with E-state index in [0.29, 0.717) is 22.6 Å². The van der Waals surface area contributed by atoms with Crippen LogP contribution in [0.2, 0.25) is 10.0 Å². The van der Waals surface area contributed by atoms with Gasteiger partial charge in [0.2, 0.25) is 0 Å². The molecule has 2 rings (SSSR count). The quantitative estimate of drug-likeness (QED) is 0.883. The zero-order chi connectivity index (χ0) is 15.4. The molecular weight excluding hydrogens is 309 g/mol. The molecule has 0 amide bonds.